The molecule has 144 valence electrons. The molecule has 5 unspecified atom stereocenters. The van der Waals surface area contributed by atoms with Crippen molar-refractivity contribution >= 4 is 23.0 Å². The Bertz CT molecular complexity index is 598. The molecule has 1 aliphatic carbocycles. The van der Waals surface area contributed by atoms with Gasteiger partial charge in [0.15, 0.2) is 10.6 Å². The number of unbranched alkanes of at least 4 members (excludes halogenated alkanes) is 2. The van der Waals surface area contributed by atoms with Crippen LogP contribution in [0.1, 0.15) is 64.7 Å². The second-order valence-corrected chi connectivity index (χ2v) is 8.04. The molecule has 0 spiro atoms. The fraction of sp³-hybridized carbons (Fsp3) is 0.750. The van der Waals surface area contributed by atoms with Gasteiger partial charge in [-0.1, -0.05) is 38.3 Å². The van der Waals surface area contributed by atoms with Crippen molar-refractivity contribution in [2.45, 2.75) is 82.5 Å². The van der Waals surface area contributed by atoms with Crippen molar-refractivity contribution < 1.29 is 15.3 Å². The number of aliphatic hydroxyl groups is 3. The van der Waals surface area contributed by atoms with E-state index in [0.717, 1.165) is 37.8 Å². The minimum Gasteiger partial charge on any atom is -0.502 e. The predicted octanol–water partition coefficient (Wildman–Crippen LogP) is 3.64. The van der Waals surface area contributed by atoms with Crippen LogP contribution in [0.15, 0.2) is 17.1 Å². The second-order valence-electron chi connectivity index (χ2n) is 7.57. The van der Waals surface area contributed by atoms with Crippen molar-refractivity contribution in [3.05, 3.63) is 12.2 Å². The van der Waals surface area contributed by atoms with Gasteiger partial charge in [-0.25, -0.2) is 0 Å². The standard InChI is InChI=1S/C20H30N2O3S/c1-2-3-4-7-15(23)9-10-16-17-11-14(6-5-8-19(25)26)22-20(17,13-21)12-18(16)24/h9-10,15-18,23-24H,2-8,11-12H2,1H3,(H,25,26). The number of nitrogens with zero attached hydrogens (tertiary/aromatic N) is 2. The average molecular weight is 379 g/mol. The zero-order valence-electron chi connectivity index (χ0n) is 15.5. The van der Waals surface area contributed by atoms with Gasteiger partial charge in [-0.2, -0.15) is 5.26 Å². The molecular formula is C20H30N2O3S. The van der Waals surface area contributed by atoms with Gasteiger partial charge >= 0.3 is 0 Å². The van der Waals surface area contributed by atoms with Gasteiger partial charge in [0.05, 0.1) is 18.3 Å². The smallest absolute Gasteiger partial charge is 0.156 e. The molecule has 0 bridgehead atoms. The monoisotopic (exact) mass is 378 g/mol. The molecule has 5 nitrogen and oxygen atoms in total. The summed E-state index contributed by atoms with van der Waals surface area (Å²) in [6.07, 6.45) is 9.43. The summed E-state index contributed by atoms with van der Waals surface area (Å²) in [6.45, 7) is 2.13. The van der Waals surface area contributed by atoms with Crippen molar-refractivity contribution in [2.24, 2.45) is 16.8 Å². The summed E-state index contributed by atoms with van der Waals surface area (Å²) in [7, 11) is 0. The van der Waals surface area contributed by atoms with Crippen molar-refractivity contribution in [3.8, 4) is 6.07 Å². The maximum atomic E-state index is 10.4. The molecule has 1 saturated carbocycles. The molecule has 0 aromatic carbocycles. The molecule has 1 fully saturated rings. The third kappa shape index (κ3) is 5.12. The van der Waals surface area contributed by atoms with Crippen molar-refractivity contribution in [1.82, 2.24) is 0 Å². The molecule has 5 atom stereocenters. The lowest BCUT2D eigenvalue weighted by atomic mass is 9.83. The summed E-state index contributed by atoms with van der Waals surface area (Å²) in [5.41, 5.74) is 0.123. The quantitative estimate of drug-likeness (QED) is 0.306. The Labute approximate surface area is 161 Å². The van der Waals surface area contributed by atoms with Gasteiger partial charge < -0.3 is 15.3 Å². The van der Waals surface area contributed by atoms with Gasteiger partial charge in [0, 0.05) is 30.4 Å². The number of hydrogen-bond acceptors (Lipinski definition) is 5. The number of rotatable bonds is 10. The molecule has 2 aliphatic rings. The average Bonchev–Trinajstić information content (AvgIpc) is 3.05. The zero-order chi connectivity index (χ0) is 19.2. The van der Waals surface area contributed by atoms with E-state index in [1.165, 1.54) is 0 Å². The summed E-state index contributed by atoms with van der Waals surface area (Å²) in [6, 6.07) is 2.34. The van der Waals surface area contributed by atoms with Crippen molar-refractivity contribution in [1.29, 1.82) is 5.26 Å². The summed E-state index contributed by atoms with van der Waals surface area (Å²) in [5, 5.41) is 39.4. The molecule has 0 saturated heterocycles. The van der Waals surface area contributed by atoms with Crippen molar-refractivity contribution in [3.63, 3.8) is 0 Å². The zero-order valence-corrected chi connectivity index (χ0v) is 16.3. The van der Waals surface area contributed by atoms with Gasteiger partial charge in [-0.3, -0.25) is 4.99 Å². The normalized spacial score (nSPS) is 31.6. The molecule has 26 heavy (non-hydrogen) atoms. The molecule has 0 radical (unpaired) electrons. The van der Waals surface area contributed by atoms with Gasteiger partial charge in [0.1, 0.15) is 0 Å². The van der Waals surface area contributed by atoms with Crippen LogP contribution in [-0.4, -0.2) is 43.8 Å². The first-order valence-corrected chi connectivity index (χ1v) is 10.1. The first-order valence-electron chi connectivity index (χ1n) is 9.67. The van der Waals surface area contributed by atoms with Crippen LogP contribution in [-0.2, 0) is 0 Å². The Kier molecular flexibility index (Phi) is 7.75. The summed E-state index contributed by atoms with van der Waals surface area (Å²) >= 11 is 4.69. The minimum absolute atomic E-state index is 0.00656. The van der Waals surface area contributed by atoms with Crippen molar-refractivity contribution in [2.75, 3.05) is 0 Å². The maximum Gasteiger partial charge on any atom is 0.156 e. The van der Waals surface area contributed by atoms with Gasteiger partial charge in [-0.05, 0) is 37.9 Å². The third-order valence-corrected chi connectivity index (χ3v) is 5.77. The maximum absolute atomic E-state index is 10.4. The molecule has 0 amide bonds. The van der Waals surface area contributed by atoms with Crippen LogP contribution < -0.4 is 0 Å². The van der Waals surface area contributed by atoms with E-state index in [9.17, 15) is 15.5 Å². The highest BCUT2D eigenvalue weighted by Crippen LogP contribution is 2.49. The molecule has 0 aromatic heterocycles. The molecule has 1 aliphatic heterocycles. The highest BCUT2D eigenvalue weighted by molar-refractivity contribution is 7.80. The molecule has 3 N–H and O–H groups in total. The van der Waals surface area contributed by atoms with Gasteiger partial charge in [0.25, 0.3) is 0 Å². The van der Waals surface area contributed by atoms with Crippen LogP contribution in [0.2, 0.25) is 0 Å². The van der Waals surface area contributed by atoms with E-state index in [-0.39, 0.29) is 16.9 Å². The molecule has 6 heteroatoms. The Hall–Kier alpha value is -1.29. The minimum atomic E-state index is -0.851. The van der Waals surface area contributed by atoms with E-state index in [2.05, 4.69) is 30.2 Å². The van der Waals surface area contributed by atoms with Crippen LogP contribution in [0.4, 0.5) is 0 Å². The van der Waals surface area contributed by atoms with E-state index in [0.29, 0.717) is 25.7 Å². The highest BCUT2D eigenvalue weighted by atomic mass is 32.1. The van der Waals surface area contributed by atoms with E-state index in [4.69, 9.17) is 5.11 Å². The number of aliphatic imine (C=N–C) groups is 1. The summed E-state index contributed by atoms with van der Waals surface area (Å²) in [4.78, 5) is 4.66. The van der Waals surface area contributed by atoms with E-state index in [1.807, 2.05) is 6.08 Å². The van der Waals surface area contributed by atoms with E-state index < -0.39 is 17.7 Å². The van der Waals surface area contributed by atoms with E-state index >= 15 is 0 Å². The molecule has 1 heterocycles. The fourth-order valence-corrected chi connectivity index (χ4v) is 4.33. The van der Waals surface area contributed by atoms with Crippen LogP contribution in [0.25, 0.3) is 0 Å². The Balaban J connectivity index is 1.99. The number of aliphatic hydroxyl groups excluding tert-OH is 3. The first kappa shape index (κ1) is 21.0. The van der Waals surface area contributed by atoms with Crippen LogP contribution >= 0.6 is 12.2 Å². The molecule has 2 rings (SSSR count). The largest absolute Gasteiger partial charge is 0.502 e. The van der Waals surface area contributed by atoms with Gasteiger partial charge in [0.2, 0.25) is 0 Å². The number of hydrogen-bond donors (Lipinski definition) is 3. The lowest BCUT2D eigenvalue weighted by Gasteiger charge is -2.20. The van der Waals surface area contributed by atoms with Crippen LogP contribution in [0.5, 0.6) is 0 Å². The SMILES string of the molecule is CCCCCC(O)C=CC1C(O)CC2(C#N)N=C(CCCC(O)=S)CC12. The fourth-order valence-electron chi connectivity index (χ4n) is 4.18. The first-order chi connectivity index (χ1) is 12.4. The molecule has 0 aromatic rings. The lowest BCUT2D eigenvalue weighted by Crippen LogP contribution is -2.27. The highest BCUT2D eigenvalue weighted by Gasteiger charge is 2.56. The summed E-state index contributed by atoms with van der Waals surface area (Å²) < 4.78 is 0. The van der Waals surface area contributed by atoms with Crippen LogP contribution in [0.3, 0.4) is 0 Å². The van der Waals surface area contributed by atoms with Crippen LogP contribution in [0, 0.1) is 23.2 Å². The topological polar surface area (TPSA) is 96.8 Å². The van der Waals surface area contributed by atoms with Gasteiger partial charge in [-0.15, -0.1) is 0 Å². The lowest BCUT2D eigenvalue weighted by molar-refractivity contribution is 0.140. The Morgan fingerprint density at radius 3 is 2.88 bits per heavy atom. The second kappa shape index (κ2) is 9.59. The number of fused-ring (bicyclic) bond motifs is 1. The Morgan fingerprint density at radius 2 is 2.23 bits per heavy atom. The third-order valence-electron chi connectivity index (χ3n) is 5.56. The molecular weight excluding hydrogens is 348 g/mol. The summed E-state index contributed by atoms with van der Waals surface area (Å²) in [5.74, 6) is -0.201. The predicted molar refractivity (Wildman–Crippen MR) is 106 cm³/mol. The number of nitriles is 1. The van der Waals surface area contributed by atoms with E-state index in [1.54, 1.807) is 6.08 Å². The Morgan fingerprint density at radius 1 is 1.46 bits per heavy atom. The number of thiocarbonyl (C=S) groups is 1.